The fraction of sp³-hybridized carbons (Fsp3) is 0.316. The van der Waals surface area contributed by atoms with Crippen LogP contribution in [-0.2, 0) is 11.3 Å². The van der Waals surface area contributed by atoms with E-state index in [1.165, 1.54) is 18.2 Å². The summed E-state index contributed by atoms with van der Waals surface area (Å²) in [4.78, 5) is 24.3. The average molecular weight is 408 g/mol. The molecule has 2 aromatic rings. The molecule has 0 spiro atoms. The molecule has 28 heavy (non-hydrogen) atoms. The quantitative estimate of drug-likeness (QED) is 0.530. The standard InChI is InChI=1S/C19H22ClN3O5/c1-12-7-17(27-3)18(28-4)8-13(12)10-22(2)11-19(24)21-16-6-5-14(23(25)26)9-15(16)20/h5-9H,10-11H2,1-4H3,(H,21,24). The van der Waals surface area contributed by atoms with Gasteiger partial charge in [-0.1, -0.05) is 11.6 Å². The number of rotatable bonds is 8. The first-order valence-corrected chi connectivity index (χ1v) is 8.76. The molecule has 2 rings (SSSR count). The molecule has 1 N–H and O–H groups in total. The molecule has 0 aliphatic rings. The number of aryl methyl sites for hydroxylation is 1. The summed E-state index contributed by atoms with van der Waals surface area (Å²) in [6, 6.07) is 7.68. The highest BCUT2D eigenvalue weighted by atomic mass is 35.5. The summed E-state index contributed by atoms with van der Waals surface area (Å²) in [6.07, 6.45) is 0. The lowest BCUT2D eigenvalue weighted by Crippen LogP contribution is -2.30. The SMILES string of the molecule is COc1cc(C)c(CN(C)CC(=O)Nc2ccc([N+](=O)[O-])cc2Cl)cc1OC. The monoisotopic (exact) mass is 407 g/mol. The lowest BCUT2D eigenvalue weighted by molar-refractivity contribution is -0.384. The van der Waals surface area contributed by atoms with Crippen molar-refractivity contribution in [3.05, 3.63) is 56.6 Å². The summed E-state index contributed by atoms with van der Waals surface area (Å²) < 4.78 is 10.6. The molecular formula is C19H22ClN3O5. The zero-order valence-corrected chi connectivity index (χ0v) is 16.9. The summed E-state index contributed by atoms with van der Waals surface area (Å²) >= 11 is 6.01. The van der Waals surface area contributed by atoms with Crippen molar-refractivity contribution in [2.75, 3.05) is 33.1 Å². The molecule has 0 saturated carbocycles. The van der Waals surface area contributed by atoms with E-state index in [-0.39, 0.29) is 23.2 Å². The van der Waals surface area contributed by atoms with E-state index in [4.69, 9.17) is 21.1 Å². The second-order valence-electron chi connectivity index (χ2n) is 6.28. The average Bonchev–Trinajstić information content (AvgIpc) is 2.64. The van der Waals surface area contributed by atoms with Crippen LogP contribution in [0, 0.1) is 17.0 Å². The van der Waals surface area contributed by atoms with Crippen LogP contribution in [0.4, 0.5) is 11.4 Å². The second-order valence-corrected chi connectivity index (χ2v) is 6.68. The zero-order chi connectivity index (χ0) is 20.8. The number of anilines is 1. The molecule has 1 amide bonds. The van der Waals surface area contributed by atoms with Gasteiger partial charge in [-0.3, -0.25) is 19.8 Å². The molecule has 0 aliphatic heterocycles. The van der Waals surface area contributed by atoms with Gasteiger partial charge in [-0.05, 0) is 43.3 Å². The Morgan fingerprint density at radius 1 is 1.21 bits per heavy atom. The molecule has 9 heteroatoms. The van der Waals surface area contributed by atoms with Crippen LogP contribution in [0.2, 0.25) is 5.02 Å². The highest BCUT2D eigenvalue weighted by molar-refractivity contribution is 6.34. The van der Waals surface area contributed by atoms with Gasteiger partial charge in [-0.25, -0.2) is 0 Å². The van der Waals surface area contributed by atoms with Crippen LogP contribution in [-0.4, -0.2) is 43.5 Å². The van der Waals surface area contributed by atoms with Crippen LogP contribution in [0.25, 0.3) is 0 Å². The maximum atomic E-state index is 12.3. The number of likely N-dealkylation sites (N-methyl/N-ethyl adjacent to an activating group) is 1. The summed E-state index contributed by atoms with van der Waals surface area (Å²) in [7, 11) is 4.96. The third-order valence-electron chi connectivity index (χ3n) is 4.13. The molecule has 0 aliphatic carbocycles. The Hall–Kier alpha value is -2.84. The Morgan fingerprint density at radius 3 is 2.43 bits per heavy atom. The van der Waals surface area contributed by atoms with E-state index >= 15 is 0 Å². The van der Waals surface area contributed by atoms with Crippen molar-refractivity contribution < 1.29 is 19.2 Å². The number of hydrogen-bond acceptors (Lipinski definition) is 6. The van der Waals surface area contributed by atoms with E-state index in [0.29, 0.717) is 23.7 Å². The van der Waals surface area contributed by atoms with Gasteiger partial charge in [0.2, 0.25) is 5.91 Å². The van der Waals surface area contributed by atoms with E-state index in [1.807, 2.05) is 31.0 Å². The minimum atomic E-state index is -0.545. The molecule has 0 atom stereocenters. The van der Waals surface area contributed by atoms with Crippen molar-refractivity contribution in [2.24, 2.45) is 0 Å². The van der Waals surface area contributed by atoms with Crippen LogP contribution in [0.3, 0.4) is 0 Å². The molecule has 0 heterocycles. The predicted octanol–water partition coefficient (Wildman–Crippen LogP) is 3.64. The third kappa shape index (κ3) is 5.34. The van der Waals surface area contributed by atoms with Crippen molar-refractivity contribution in [1.29, 1.82) is 0 Å². The van der Waals surface area contributed by atoms with Crippen molar-refractivity contribution >= 4 is 28.9 Å². The number of nitrogens with zero attached hydrogens (tertiary/aromatic N) is 2. The molecule has 0 unspecified atom stereocenters. The zero-order valence-electron chi connectivity index (χ0n) is 16.1. The Morgan fingerprint density at radius 2 is 1.86 bits per heavy atom. The van der Waals surface area contributed by atoms with E-state index < -0.39 is 4.92 Å². The Balaban J connectivity index is 2.02. The Kier molecular flexibility index (Phi) is 7.19. The van der Waals surface area contributed by atoms with Crippen molar-refractivity contribution in [1.82, 2.24) is 4.90 Å². The van der Waals surface area contributed by atoms with Crippen LogP contribution in [0.5, 0.6) is 11.5 Å². The number of amides is 1. The third-order valence-corrected chi connectivity index (χ3v) is 4.45. The lowest BCUT2D eigenvalue weighted by Gasteiger charge is -2.19. The summed E-state index contributed by atoms with van der Waals surface area (Å²) in [5, 5.41) is 13.5. The largest absolute Gasteiger partial charge is 0.493 e. The molecule has 2 aromatic carbocycles. The molecule has 0 radical (unpaired) electrons. The van der Waals surface area contributed by atoms with Gasteiger partial charge in [0.25, 0.3) is 5.69 Å². The Labute approximate surface area is 168 Å². The van der Waals surface area contributed by atoms with Crippen molar-refractivity contribution in [2.45, 2.75) is 13.5 Å². The maximum Gasteiger partial charge on any atom is 0.271 e. The highest BCUT2D eigenvalue weighted by Crippen LogP contribution is 2.31. The van der Waals surface area contributed by atoms with Crippen LogP contribution in [0.15, 0.2) is 30.3 Å². The number of benzene rings is 2. The van der Waals surface area contributed by atoms with E-state index in [2.05, 4.69) is 5.32 Å². The molecule has 0 aromatic heterocycles. The number of methoxy groups -OCH3 is 2. The van der Waals surface area contributed by atoms with Gasteiger partial charge in [0, 0.05) is 18.7 Å². The molecular weight excluding hydrogens is 386 g/mol. The van der Waals surface area contributed by atoms with Crippen molar-refractivity contribution in [3.63, 3.8) is 0 Å². The first-order valence-electron chi connectivity index (χ1n) is 8.39. The van der Waals surface area contributed by atoms with E-state index in [9.17, 15) is 14.9 Å². The van der Waals surface area contributed by atoms with Gasteiger partial charge >= 0.3 is 0 Å². The minimum Gasteiger partial charge on any atom is -0.493 e. The summed E-state index contributed by atoms with van der Waals surface area (Å²) in [5.41, 5.74) is 2.21. The lowest BCUT2D eigenvalue weighted by atomic mass is 10.1. The highest BCUT2D eigenvalue weighted by Gasteiger charge is 2.15. The van der Waals surface area contributed by atoms with Crippen LogP contribution < -0.4 is 14.8 Å². The van der Waals surface area contributed by atoms with Crippen LogP contribution in [0.1, 0.15) is 11.1 Å². The molecule has 8 nitrogen and oxygen atoms in total. The molecule has 0 saturated heterocycles. The number of carbonyl (C=O) groups excluding carboxylic acids is 1. The number of ether oxygens (including phenoxy) is 2. The topological polar surface area (TPSA) is 93.9 Å². The number of hydrogen-bond donors (Lipinski definition) is 1. The van der Waals surface area contributed by atoms with Gasteiger partial charge in [-0.2, -0.15) is 0 Å². The Bertz CT molecular complexity index is 888. The fourth-order valence-corrected chi connectivity index (χ4v) is 2.92. The van der Waals surface area contributed by atoms with Gasteiger partial charge < -0.3 is 14.8 Å². The van der Waals surface area contributed by atoms with E-state index in [0.717, 1.165) is 11.1 Å². The number of nitrogens with one attached hydrogen (secondary N) is 1. The molecule has 0 bridgehead atoms. The fourth-order valence-electron chi connectivity index (χ4n) is 2.69. The first kappa shape index (κ1) is 21.5. The number of nitro groups is 1. The number of halogens is 1. The number of nitro benzene ring substituents is 1. The maximum absolute atomic E-state index is 12.3. The van der Waals surface area contributed by atoms with Crippen LogP contribution >= 0.6 is 11.6 Å². The first-order chi connectivity index (χ1) is 13.2. The van der Waals surface area contributed by atoms with Gasteiger partial charge in [0.05, 0.1) is 36.4 Å². The number of non-ortho nitro benzene ring substituents is 1. The van der Waals surface area contributed by atoms with Gasteiger partial charge in [-0.15, -0.1) is 0 Å². The number of carbonyl (C=O) groups is 1. The van der Waals surface area contributed by atoms with E-state index in [1.54, 1.807) is 14.2 Å². The minimum absolute atomic E-state index is 0.112. The van der Waals surface area contributed by atoms with Gasteiger partial charge in [0.1, 0.15) is 0 Å². The second kappa shape index (κ2) is 9.38. The van der Waals surface area contributed by atoms with Crippen molar-refractivity contribution in [3.8, 4) is 11.5 Å². The summed E-state index contributed by atoms with van der Waals surface area (Å²) in [6.45, 7) is 2.59. The molecule has 0 fully saturated rings. The molecule has 150 valence electrons. The van der Waals surface area contributed by atoms with Gasteiger partial charge in [0.15, 0.2) is 11.5 Å². The predicted molar refractivity (Wildman–Crippen MR) is 107 cm³/mol. The normalized spacial score (nSPS) is 10.6. The summed E-state index contributed by atoms with van der Waals surface area (Å²) in [5.74, 6) is 0.993. The smallest absolute Gasteiger partial charge is 0.271 e.